The maximum absolute atomic E-state index is 13.9. The third-order valence-electron chi connectivity index (χ3n) is 7.36. The second-order valence-electron chi connectivity index (χ2n) is 10.9. The van der Waals surface area contributed by atoms with Crippen LogP contribution in [-0.2, 0) is 4.79 Å². The van der Waals surface area contributed by atoms with Crippen LogP contribution in [0, 0.1) is 0 Å². The van der Waals surface area contributed by atoms with Gasteiger partial charge in [-0.15, -0.1) is 10.2 Å². The van der Waals surface area contributed by atoms with Crippen molar-refractivity contribution in [3.63, 3.8) is 0 Å². The number of piperazine rings is 1. The van der Waals surface area contributed by atoms with Gasteiger partial charge in [-0.25, -0.2) is 9.37 Å². The summed E-state index contributed by atoms with van der Waals surface area (Å²) in [4.78, 5) is 38.2. The molecular formula is C30H28F3N9O3. The van der Waals surface area contributed by atoms with Crippen molar-refractivity contribution in [2.24, 2.45) is 0 Å². The summed E-state index contributed by atoms with van der Waals surface area (Å²) in [6, 6.07) is 16.8. The number of alkyl halides is 3. The molecule has 4 heterocycles. The summed E-state index contributed by atoms with van der Waals surface area (Å²) in [7, 11) is 0. The van der Waals surface area contributed by atoms with Gasteiger partial charge in [0.25, 0.3) is 11.8 Å². The summed E-state index contributed by atoms with van der Waals surface area (Å²) < 4.78 is 46.2. The van der Waals surface area contributed by atoms with Gasteiger partial charge in [-0.05, 0) is 55.0 Å². The quantitative estimate of drug-likeness (QED) is 0.266. The average Bonchev–Trinajstić information content (AvgIpc) is 3.69. The van der Waals surface area contributed by atoms with Crippen molar-refractivity contribution in [1.29, 1.82) is 0 Å². The second-order valence-corrected chi connectivity index (χ2v) is 10.9. The lowest BCUT2D eigenvalue weighted by Crippen LogP contribution is -2.50. The first-order valence-electron chi connectivity index (χ1n) is 14.1. The van der Waals surface area contributed by atoms with Crippen LogP contribution in [0.5, 0.6) is 0 Å². The molecule has 1 saturated heterocycles. The van der Waals surface area contributed by atoms with Gasteiger partial charge in [0.2, 0.25) is 5.89 Å². The molecule has 6 rings (SSSR count). The number of rotatable bonds is 8. The molecule has 45 heavy (non-hydrogen) atoms. The molecule has 3 aromatic heterocycles. The summed E-state index contributed by atoms with van der Waals surface area (Å²) in [5, 5.41) is 13.8. The highest BCUT2D eigenvalue weighted by Crippen LogP contribution is 2.29. The maximum atomic E-state index is 13.9. The first-order valence-corrected chi connectivity index (χ1v) is 14.1. The lowest BCUT2D eigenvalue weighted by molar-refractivity contribution is -0.125. The third kappa shape index (κ3) is 6.38. The van der Waals surface area contributed by atoms with E-state index in [1.807, 2.05) is 35.2 Å². The fraction of sp³-hybridized carbons (Fsp3) is 0.300. The number of aromatic nitrogens is 6. The minimum atomic E-state index is -2.91. The molecule has 1 N–H and O–H groups in total. The summed E-state index contributed by atoms with van der Waals surface area (Å²) in [5.74, 6) is -0.676. The van der Waals surface area contributed by atoms with Gasteiger partial charge in [-0.2, -0.15) is 8.78 Å². The normalized spacial score (nSPS) is 15.0. The van der Waals surface area contributed by atoms with Crippen molar-refractivity contribution in [3.8, 4) is 11.5 Å². The van der Waals surface area contributed by atoms with Gasteiger partial charge in [-0.3, -0.25) is 19.5 Å². The van der Waals surface area contributed by atoms with Crippen LogP contribution in [0.3, 0.4) is 0 Å². The Morgan fingerprint density at radius 2 is 1.76 bits per heavy atom. The number of benzene rings is 2. The summed E-state index contributed by atoms with van der Waals surface area (Å²) in [5.41, 5.74) is 0.746. The number of fused-ring (bicyclic) bond motifs is 1. The monoisotopic (exact) mass is 619 g/mol. The van der Waals surface area contributed by atoms with Gasteiger partial charge in [0.1, 0.15) is 11.2 Å². The van der Waals surface area contributed by atoms with E-state index in [2.05, 4.69) is 30.7 Å². The molecule has 232 valence electrons. The Morgan fingerprint density at radius 1 is 1.00 bits per heavy atom. The number of carbonyl (C=O) groups is 2. The molecule has 1 aliphatic rings. The second kappa shape index (κ2) is 12.1. The van der Waals surface area contributed by atoms with Crippen LogP contribution >= 0.6 is 0 Å². The molecule has 2 aromatic carbocycles. The average molecular weight is 620 g/mol. The van der Waals surface area contributed by atoms with Crippen molar-refractivity contribution in [2.75, 3.05) is 31.5 Å². The highest BCUT2D eigenvalue weighted by Gasteiger charge is 2.32. The number of amides is 2. The molecule has 1 unspecified atom stereocenters. The van der Waals surface area contributed by atoms with Gasteiger partial charge in [0.05, 0.1) is 6.04 Å². The Bertz CT molecular complexity index is 1830. The minimum absolute atomic E-state index is 0.148. The van der Waals surface area contributed by atoms with Gasteiger partial charge in [0.15, 0.2) is 17.1 Å². The fourth-order valence-corrected chi connectivity index (χ4v) is 5.02. The fourth-order valence-electron chi connectivity index (χ4n) is 5.02. The van der Waals surface area contributed by atoms with E-state index < -0.39 is 24.2 Å². The zero-order chi connectivity index (χ0) is 31.7. The molecule has 1 aliphatic heterocycles. The zero-order valence-corrected chi connectivity index (χ0v) is 24.3. The van der Waals surface area contributed by atoms with Crippen molar-refractivity contribution in [1.82, 2.24) is 40.0 Å². The van der Waals surface area contributed by atoms with E-state index in [-0.39, 0.29) is 28.1 Å². The number of hydrogen-bond acceptors (Lipinski definition) is 9. The number of oxazole rings is 1. The van der Waals surface area contributed by atoms with E-state index in [9.17, 15) is 22.8 Å². The Hall–Kier alpha value is -5.18. The van der Waals surface area contributed by atoms with Crippen molar-refractivity contribution in [3.05, 3.63) is 83.9 Å². The Morgan fingerprint density at radius 3 is 2.44 bits per heavy atom. The largest absolute Gasteiger partial charge is 0.436 e. The van der Waals surface area contributed by atoms with Crippen LogP contribution in [0.25, 0.3) is 22.6 Å². The zero-order valence-electron chi connectivity index (χ0n) is 24.3. The van der Waals surface area contributed by atoms with Crippen LogP contribution in [0.4, 0.5) is 18.9 Å². The number of nitrogens with one attached hydrogen (secondary N) is 1. The molecule has 15 heteroatoms. The number of nitrogens with zero attached hydrogens (tertiary/aromatic N) is 8. The molecule has 0 radical (unpaired) electrons. The standard InChI is InChI=1S/C30H28F3N9O3/c1-30(2,33)28(44)35-20-8-9-23-21(17-20)36-26(45-23)19-10-11-34-22(16-19)27(43)41-14-12-40(13-15-41)24(18-6-4-3-5-7-18)25-37-39-42(38-25)29(31)32/h3-11,16-17,24,29H,12-15H2,1-2H3,(H,35,44). The molecular weight excluding hydrogens is 591 g/mol. The van der Waals surface area contributed by atoms with E-state index in [0.717, 1.165) is 5.56 Å². The van der Waals surface area contributed by atoms with Crippen molar-refractivity contribution in [2.45, 2.75) is 32.1 Å². The van der Waals surface area contributed by atoms with E-state index in [4.69, 9.17) is 4.42 Å². The predicted octanol–water partition coefficient (Wildman–Crippen LogP) is 4.51. The van der Waals surface area contributed by atoms with Crippen LogP contribution in [0.2, 0.25) is 0 Å². The number of pyridine rings is 1. The highest BCUT2D eigenvalue weighted by atomic mass is 19.3. The van der Waals surface area contributed by atoms with Crippen LogP contribution < -0.4 is 5.32 Å². The smallest absolute Gasteiger partial charge is 0.350 e. The van der Waals surface area contributed by atoms with Gasteiger partial charge in [0, 0.05) is 43.6 Å². The number of hydrogen-bond donors (Lipinski definition) is 1. The molecule has 0 bridgehead atoms. The van der Waals surface area contributed by atoms with Gasteiger partial charge >= 0.3 is 6.55 Å². The van der Waals surface area contributed by atoms with Crippen molar-refractivity contribution >= 4 is 28.6 Å². The molecule has 0 saturated carbocycles. The van der Waals surface area contributed by atoms with Crippen molar-refractivity contribution < 1.29 is 27.2 Å². The van der Waals surface area contributed by atoms with E-state index in [1.54, 1.807) is 35.2 Å². The van der Waals surface area contributed by atoms with E-state index in [0.29, 0.717) is 48.5 Å². The Labute approximate surface area is 254 Å². The van der Waals surface area contributed by atoms with Crippen LogP contribution in [0.1, 0.15) is 48.3 Å². The summed E-state index contributed by atoms with van der Waals surface area (Å²) >= 11 is 0. The molecule has 1 atom stereocenters. The number of carbonyl (C=O) groups excluding carboxylic acids is 2. The van der Waals surface area contributed by atoms with E-state index >= 15 is 0 Å². The summed E-state index contributed by atoms with van der Waals surface area (Å²) in [6.07, 6.45) is 1.49. The molecule has 1 fully saturated rings. The molecule has 0 aliphatic carbocycles. The topological polar surface area (TPSA) is 135 Å². The first kappa shape index (κ1) is 29.9. The molecule has 5 aromatic rings. The predicted molar refractivity (Wildman–Crippen MR) is 156 cm³/mol. The third-order valence-corrected chi connectivity index (χ3v) is 7.36. The van der Waals surface area contributed by atoms with Crippen LogP contribution in [-0.4, -0.2) is 83.6 Å². The first-order chi connectivity index (χ1) is 21.6. The van der Waals surface area contributed by atoms with Gasteiger partial charge < -0.3 is 14.6 Å². The Balaban J connectivity index is 1.16. The SMILES string of the molecule is CC(C)(F)C(=O)Nc1ccc2oc(-c3ccnc(C(=O)N4CCN(C(c5ccccc5)c5nnn(C(F)F)n5)CC4)c3)nc2c1. The molecule has 0 spiro atoms. The lowest BCUT2D eigenvalue weighted by Gasteiger charge is -2.38. The number of halogens is 3. The lowest BCUT2D eigenvalue weighted by atomic mass is 10.0. The number of tetrazole rings is 1. The molecule has 2 amide bonds. The molecule has 12 nitrogen and oxygen atoms in total. The summed E-state index contributed by atoms with van der Waals surface area (Å²) in [6.45, 7) is 0.991. The minimum Gasteiger partial charge on any atom is -0.436 e. The van der Waals surface area contributed by atoms with Gasteiger partial charge in [-0.1, -0.05) is 35.1 Å². The Kier molecular flexibility index (Phi) is 8.01. The number of anilines is 1. The highest BCUT2D eigenvalue weighted by molar-refractivity contribution is 5.98. The van der Waals surface area contributed by atoms with Crippen LogP contribution in [0.15, 0.2) is 71.3 Å². The maximum Gasteiger partial charge on any atom is 0.350 e. The van der Waals surface area contributed by atoms with E-state index in [1.165, 1.54) is 20.0 Å².